The first-order chi connectivity index (χ1) is 15.6. The van der Waals surface area contributed by atoms with Gasteiger partial charge >= 0.3 is 0 Å². The number of hydrogen-bond acceptors (Lipinski definition) is 7. The molecule has 0 aliphatic rings. The Hall–Kier alpha value is -3.32. The van der Waals surface area contributed by atoms with Gasteiger partial charge in [-0.3, -0.25) is 0 Å². The second kappa shape index (κ2) is 9.87. The number of nitrogens with zero attached hydrogens (tertiary/aromatic N) is 2. The predicted octanol–water partition coefficient (Wildman–Crippen LogP) is 5.87. The van der Waals surface area contributed by atoms with Crippen molar-refractivity contribution in [3.63, 3.8) is 0 Å². The molecule has 0 saturated heterocycles. The molecule has 6 nitrogen and oxygen atoms in total. The molecule has 0 atom stereocenters. The van der Waals surface area contributed by atoms with E-state index in [2.05, 4.69) is 29.4 Å². The summed E-state index contributed by atoms with van der Waals surface area (Å²) in [5.41, 5.74) is 2.29. The van der Waals surface area contributed by atoms with Gasteiger partial charge in [-0.05, 0) is 62.7 Å². The third-order valence-corrected chi connectivity index (χ3v) is 6.02. The number of methoxy groups -OCH3 is 1. The molecule has 4 aromatic rings. The second-order valence-corrected chi connectivity index (χ2v) is 8.44. The molecule has 0 fully saturated rings. The van der Waals surface area contributed by atoms with E-state index in [1.54, 1.807) is 18.4 Å². The van der Waals surface area contributed by atoms with Crippen LogP contribution >= 0.6 is 11.3 Å². The summed E-state index contributed by atoms with van der Waals surface area (Å²) in [6.45, 7) is 7.82. The number of ether oxygens (including phenoxy) is 3. The fraction of sp³-hybridized carbons (Fsp3) is 0.280. The van der Waals surface area contributed by atoms with Gasteiger partial charge in [0.2, 0.25) is 0 Å². The number of rotatable bonds is 9. The Kier molecular flexibility index (Phi) is 6.75. The van der Waals surface area contributed by atoms with E-state index < -0.39 is 0 Å². The highest BCUT2D eigenvalue weighted by atomic mass is 32.1. The molecular formula is C25H27N3O3S. The lowest BCUT2D eigenvalue weighted by Gasteiger charge is -2.12. The lowest BCUT2D eigenvalue weighted by Crippen LogP contribution is -2.13. The first kappa shape index (κ1) is 21.9. The maximum Gasteiger partial charge on any atom is 0.139 e. The lowest BCUT2D eigenvalue weighted by molar-refractivity contribution is 0.331. The molecule has 0 aliphatic carbocycles. The largest absolute Gasteiger partial charge is 0.497 e. The highest BCUT2D eigenvalue weighted by molar-refractivity contribution is 7.19. The molecule has 0 spiro atoms. The standard InChI is InChI=1S/C25H27N3O3S/c1-5-30-20-8-6-18(7-9-20)22-16(2)32-25-23(22)24(27-17(3)28-25)26-14-15-31-21-12-10-19(29-4)11-13-21/h6-13H,5,14-15H2,1-4H3,(H,26,27,28). The van der Waals surface area contributed by atoms with E-state index >= 15 is 0 Å². The monoisotopic (exact) mass is 449 g/mol. The number of fused-ring (bicyclic) bond motifs is 1. The van der Waals surface area contributed by atoms with Crippen molar-refractivity contribution in [1.82, 2.24) is 9.97 Å². The predicted molar refractivity (Wildman–Crippen MR) is 130 cm³/mol. The van der Waals surface area contributed by atoms with Gasteiger partial charge in [-0.25, -0.2) is 9.97 Å². The molecule has 1 N–H and O–H groups in total. The van der Waals surface area contributed by atoms with Crippen molar-refractivity contribution in [3.05, 3.63) is 59.2 Å². The number of benzene rings is 2. The number of nitrogens with one attached hydrogen (secondary N) is 1. The minimum Gasteiger partial charge on any atom is -0.497 e. The van der Waals surface area contributed by atoms with E-state index in [9.17, 15) is 0 Å². The number of aromatic nitrogens is 2. The van der Waals surface area contributed by atoms with Crippen LogP contribution in [0.25, 0.3) is 21.3 Å². The second-order valence-electron chi connectivity index (χ2n) is 7.24. The van der Waals surface area contributed by atoms with Crippen LogP contribution in [0.5, 0.6) is 17.2 Å². The van der Waals surface area contributed by atoms with E-state index in [-0.39, 0.29) is 0 Å². The number of thiophene rings is 1. The summed E-state index contributed by atoms with van der Waals surface area (Å²) in [7, 11) is 1.65. The molecule has 0 bridgehead atoms. The number of hydrogen-bond donors (Lipinski definition) is 1. The van der Waals surface area contributed by atoms with Crippen molar-refractivity contribution in [3.8, 4) is 28.4 Å². The summed E-state index contributed by atoms with van der Waals surface area (Å²) >= 11 is 1.69. The molecule has 2 heterocycles. The third-order valence-electron chi connectivity index (χ3n) is 5.02. The summed E-state index contributed by atoms with van der Waals surface area (Å²) in [6, 6.07) is 15.8. The Morgan fingerprint density at radius 1 is 0.875 bits per heavy atom. The highest BCUT2D eigenvalue weighted by Gasteiger charge is 2.18. The van der Waals surface area contributed by atoms with Gasteiger partial charge < -0.3 is 19.5 Å². The molecule has 0 amide bonds. The van der Waals surface area contributed by atoms with Crippen molar-refractivity contribution in [2.45, 2.75) is 20.8 Å². The van der Waals surface area contributed by atoms with Crippen LogP contribution in [-0.2, 0) is 0 Å². The van der Waals surface area contributed by atoms with Crippen LogP contribution in [-0.4, -0.2) is 36.8 Å². The Morgan fingerprint density at radius 3 is 2.22 bits per heavy atom. The fourth-order valence-electron chi connectivity index (χ4n) is 3.59. The molecule has 0 radical (unpaired) electrons. The van der Waals surface area contributed by atoms with Crippen LogP contribution in [0.3, 0.4) is 0 Å². The third kappa shape index (κ3) is 4.78. The summed E-state index contributed by atoms with van der Waals surface area (Å²) in [5, 5.41) is 4.51. The van der Waals surface area contributed by atoms with Crippen molar-refractivity contribution in [2.24, 2.45) is 0 Å². The molecule has 4 rings (SSSR count). The van der Waals surface area contributed by atoms with Crippen LogP contribution in [0.15, 0.2) is 48.5 Å². The lowest BCUT2D eigenvalue weighted by atomic mass is 10.0. The molecule has 2 aromatic carbocycles. The van der Waals surface area contributed by atoms with Crippen molar-refractivity contribution in [1.29, 1.82) is 0 Å². The van der Waals surface area contributed by atoms with Gasteiger partial charge in [0.25, 0.3) is 0 Å². The number of anilines is 1. The first-order valence-corrected chi connectivity index (χ1v) is 11.4. The van der Waals surface area contributed by atoms with Crippen LogP contribution in [0.4, 0.5) is 5.82 Å². The van der Waals surface area contributed by atoms with Gasteiger partial charge in [0.1, 0.15) is 40.3 Å². The zero-order valence-corrected chi connectivity index (χ0v) is 19.6. The van der Waals surface area contributed by atoms with Gasteiger partial charge in [0.15, 0.2) is 0 Å². The zero-order chi connectivity index (χ0) is 22.5. The SMILES string of the molecule is CCOc1ccc(-c2c(C)sc3nc(C)nc(NCCOc4ccc(OC)cc4)c23)cc1. The van der Waals surface area contributed by atoms with E-state index in [1.807, 2.05) is 50.2 Å². The van der Waals surface area contributed by atoms with Crippen molar-refractivity contribution in [2.75, 3.05) is 32.2 Å². The van der Waals surface area contributed by atoms with E-state index in [0.717, 1.165) is 50.2 Å². The van der Waals surface area contributed by atoms with Crippen LogP contribution in [0.2, 0.25) is 0 Å². The number of aryl methyl sites for hydroxylation is 2. The Balaban J connectivity index is 1.55. The Labute approximate surface area is 192 Å². The van der Waals surface area contributed by atoms with Crippen molar-refractivity contribution < 1.29 is 14.2 Å². The first-order valence-electron chi connectivity index (χ1n) is 10.6. The van der Waals surface area contributed by atoms with Gasteiger partial charge in [-0.15, -0.1) is 11.3 Å². The molecule has 2 aromatic heterocycles. The quantitative estimate of drug-likeness (QED) is 0.322. The van der Waals surface area contributed by atoms with Gasteiger partial charge in [0.05, 0.1) is 25.6 Å². The molecule has 32 heavy (non-hydrogen) atoms. The van der Waals surface area contributed by atoms with E-state index in [0.29, 0.717) is 19.8 Å². The summed E-state index contributed by atoms with van der Waals surface area (Å²) in [4.78, 5) is 11.6. The molecule has 166 valence electrons. The van der Waals surface area contributed by atoms with E-state index in [1.165, 1.54) is 4.88 Å². The minimum atomic E-state index is 0.512. The normalized spacial score (nSPS) is 10.9. The maximum atomic E-state index is 5.85. The molecule has 0 saturated carbocycles. The zero-order valence-electron chi connectivity index (χ0n) is 18.8. The van der Waals surface area contributed by atoms with E-state index in [4.69, 9.17) is 19.2 Å². The smallest absolute Gasteiger partial charge is 0.139 e. The molecular weight excluding hydrogens is 422 g/mol. The molecule has 0 unspecified atom stereocenters. The summed E-state index contributed by atoms with van der Waals surface area (Å²) < 4.78 is 16.6. The fourth-order valence-corrected chi connectivity index (χ4v) is 4.68. The average molecular weight is 450 g/mol. The van der Waals surface area contributed by atoms with Gasteiger partial charge in [-0.1, -0.05) is 12.1 Å². The van der Waals surface area contributed by atoms with Crippen LogP contribution < -0.4 is 19.5 Å². The topological polar surface area (TPSA) is 65.5 Å². The maximum absolute atomic E-state index is 5.85. The Morgan fingerprint density at radius 2 is 1.53 bits per heavy atom. The summed E-state index contributed by atoms with van der Waals surface area (Å²) in [6.07, 6.45) is 0. The molecule has 7 heteroatoms. The van der Waals surface area contributed by atoms with Crippen LogP contribution in [0, 0.1) is 13.8 Å². The summed E-state index contributed by atoms with van der Waals surface area (Å²) in [5.74, 6) is 4.06. The molecule has 0 aliphatic heterocycles. The van der Waals surface area contributed by atoms with Crippen LogP contribution in [0.1, 0.15) is 17.6 Å². The van der Waals surface area contributed by atoms with Gasteiger partial charge in [0, 0.05) is 10.4 Å². The highest BCUT2D eigenvalue weighted by Crippen LogP contribution is 2.41. The Bertz CT molecular complexity index is 1190. The minimum absolute atomic E-state index is 0.512. The van der Waals surface area contributed by atoms with Crippen molar-refractivity contribution >= 4 is 27.4 Å². The average Bonchev–Trinajstić information content (AvgIpc) is 3.13. The van der Waals surface area contributed by atoms with Gasteiger partial charge in [-0.2, -0.15) is 0 Å².